The van der Waals surface area contributed by atoms with Crippen LogP contribution in [0.2, 0.25) is 0 Å². The number of carbonyl (C=O) groups is 17. The molecule has 0 radical (unpaired) electrons. The first kappa shape index (κ1) is 113. The molecule has 3 aliphatic rings. The number of likely N-dealkylation sites (N-methyl/N-ethyl adjacent to an activating group) is 1. The molecule has 0 spiro atoms. The second-order valence-corrected chi connectivity index (χ2v) is 34.7. The van der Waals surface area contributed by atoms with E-state index in [4.69, 9.17) is 12.2 Å². The third-order valence-corrected chi connectivity index (χ3v) is 24.3. The van der Waals surface area contributed by atoms with Crippen molar-refractivity contribution in [3.63, 3.8) is 0 Å². The molecule has 3 fully saturated rings. The van der Waals surface area contributed by atoms with Gasteiger partial charge in [-0.25, -0.2) is 4.98 Å². The minimum absolute atomic E-state index is 0.00381. The second kappa shape index (κ2) is 59.0. The lowest BCUT2D eigenvalue weighted by Gasteiger charge is -2.35. The van der Waals surface area contributed by atoms with Crippen molar-refractivity contribution < 1.29 is 143 Å². The van der Waals surface area contributed by atoms with Crippen LogP contribution in [0, 0.1) is 0 Å². The summed E-state index contributed by atoms with van der Waals surface area (Å²) in [5.74, 6) is -19.0. The van der Waals surface area contributed by atoms with Crippen LogP contribution in [0.1, 0.15) is 55.3 Å². The Morgan fingerprint density at radius 3 is 1.11 bits per heavy atom. The molecule has 768 valence electrons. The molecule has 7 rings (SSSR count). The summed E-state index contributed by atoms with van der Waals surface area (Å²) in [6.45, 7) is -7.57. The summed E-state index contributed by atoms with van der Waals surface area (Å²) in [7, 11) is 1.42. The highest BCUT2D eigenvalue weighted by atomic mass is 32.1. The van der Waals surface area contributed by atoms with E-state index in [1.54, 1.807) is 30.5 Å². The number of para-hydroxylation sites is 1. The number of aromatic nitrogens is 3. The number of fused-ring (bicyclic) bond motifs is 1. The van der Waals surface area contributed by atoms with Crippen LogP contribution in [0.4, 0.5) is 5.69 Å². The van der Waals surface area contributed by atoms with Crippen LogP contribution in [0.5, 0.6) is 0 Å². The van der Waals surface area contributed by atoms with E-state index in [0.717, 1.165) is 10.9 Å². The van der Waals surface area contributed by atoms with Crippen LogP contribution in [-0.2, 0) is 101 Å². The largest absolute Gasteiger partial charge is 0.480 e. The van der Waals surface area contributed by atoms with E-state index < -0.39 is 254 Å². The van der Waals surface area contributed by atoms with Gasteiger partial charge in [0, 0.05) is 251 Å². The van der Waals surface area contributed by atoms with Crippen LogP contribution in [0.25, 0.3) is 10.9 Å². The van der Waals surface area contributed by atoms with Gasteiger partial charge >= 0.3 is 71.6 Å². The number of hydrogen-bond acceptors (Lipinski definition) is 31. The predicted octanol–water partition coefficient (Wildman–Crippen LogP) is -5.64. The number of nitrogens with one attached hydrogen (secondary N) is 8. The van der Waals surface area contributed by atoms with Crippen LogP contribution in [0.3, 0.4) is 0 Å². The number of nitrogens with zero attached hydrogens (tertiary/aromatic N) is 14. The Labute approximate surface area is 805 Å². The Bertz CT molecular complexity index is 4670. The standard InChI is InChI=1S/C87H130N22O29S/c1-88-82(131)66(44-61-46-89-57-92-61)95-83(132)65(43-59-45-91-64-5-3-2-4-63(59)64)96-87(139)94-60-8-6-58(7-9-60)42-62(93-71(111)14-11-68(85(135)136)107-38-32-102(53-78(123)124)26-20-98(49-74(115)116)21-27-103(33-39-107)54-79(125)126)47-109(72(112)15-12-69(86(137)138)108-40-34-104(55-80(127)128)28-22-99(50-75(117)118)23-29-105(35-41-108)56-81(129)130)17-16-90-70(110)13-10-67(84(133)134)106-36-30-100(51-76(119)120)24-18-97(48-73(113)114)19-25-101(31-37-106)52-77(121)122/h2-9,45-46,57,62,65-69,91H,10-44,47-56H2,1H3,(H,88,131)(H,89,92)(H,90,110)(H,93,111)(H,95,132)(H,113,114)(H,115,116)(H,117,118)(H,119,120)(H,121,122)(H,123,124)(H,125,126)(H,127,128)(H,129,130)(H,133,134)(H,135,136)(H,137,138)(H2,94,96,139)/t62-,65-,66-,67?,68-,69?/m0/s1. The van der Waals surface area contributed by atoms with Gasteiger partial charge in [0.1, 0.15) is 30.2 Å². The van der Waals surface area contributed by atoms with Crippen molar-refractivity contribution in [3.05, 3.63) is 84.1 Å². The first-order valence-electron chi connectivity index (χ1n) is 45.6. The van der Waals surface area contributed by atoms with Crippen molar-refractivity contribution >= 4 is 135 Å². The molecule has 5 heterocycles. The molecule has 4 aromatic rings. The summed E-state index contributed by atoms with van der Waals surface area (Å²) in [6, 6.07) is 5.78. The quantitative estimate of drug-likeness (QED) is 0.0183. The van der Waals surface area contributed by atoms with E-state index in [9.17, 15) is 133 Å². The average molecular weight is 1980 g/mol. The maximum Gasteiger partial charge on any atom is 0.320 e. The smallest absolute Gasteiger partial charge is 0.320 e. The lowest BCUT2D eigenvalue weighted by Crippen LogP contribution is -2.55. The fourth-order valence-corrected chi connectivity index (χ4v) is 17.1. The molecular weight excluding hydrogens is 1850 g/mol. The molecule has 3 aliphatic heterocycles. The van der Waals surface area contributed by atoms with Gasteiger partial charge in [0.25, 0.3) is 0 Å². The fraction of sp³-hybridized carbons (Fsp3) is 0.598. The van der Waals surface area contributed by atoms with Gasteiger partial charge < -0.3 is 108 Å². The lowest BCUT2D eigenvalue weighted by molar-refractivity contribution is -0.146. The van der Waals surface area contributed by atoms with Gasteiger partial charge in [0.05, 0.1) is 71.3 Å². The van der Waals surface area contributed by atoms with Crippen LogP contribution in [-0.4, -0.2) is 525 Å². The zero-order valence-corrected chi connectivity index (χ0v) is 78.4. The Morgan fingerprint density at radius 1 is 0.403 bits per heavy atom. The molecule has 0 bridgehead atoms. The number of aliphatic carboxylic acids is 12. The maximum absolute atomic E-state index is 15.6. The average Bonchev–Trinajstić information content (AvgIpc) is 1.16. The summed E-state index contributed by atoms with van der Waals surface area (Å²) in [6.07, 6.45) is 1.49. The molecule has 0 aliphatic carbocycles. The van der Waals surface area contributed by atoms with E-state index in [-0.39, 0.29) is 181 Å². The van der Waals surface area contributed by atoms with Gasteiger partial charge in [-0.2, -0.15) is 0 Å². The maximum atomic E-state index is 15.6. The normalized spacial score (nSPS) is 17.8. The number of carbonyl (C=O) groups excluding carboxylic acids is 5. The Kier molecular flexibility index (Phi) is 48.1. The number of H-pyrrole nitrogens is 2. The predicted molar refractivity (Wildman–Crippen MR) is 498 cm³/mol. The number of aromatic amines is 2. The van der Waals surface area contributed by atoms with Crippen LogP contribution in [0.15, 0.2) is 67.3 Å². The van der Waals surface area contributed by atoms with Crippen molar-refractivity contribution in [2.75, 3.05) is 248 Å². The van der Waals surface area contributed by atoms with E-state index in [0.29, 0.717) is 22.5 Å². The summed E-state index contributed by atoms with van der Waals surface area (Å²) < 4.78 is 0. The topological polar surface area (TPSA) is 692 Å². The zero-order chi connectivity index (χ0) is 102. The lowest BCUT2D eigenvalue weighted by atomic mass is 10.0. The summed E-state index contributed by atoms with van der Waals surface area (Å²) in [5, 5.41) is 140. The van der Waals surface area contributed by atoms with Crippen molar-refractivity contribution in [2.24, 2.45) is 0 Å². The van der Waals surface area contributed by atoms with Crippen molar-refractivity contribution in [1.82, 2.24) is 105 Å². The number of imidazole rings is 1. The first-order valence-corrected chi connectivity index (χ1v) is 46.0. The van der Waals surface area contributed by atoms with Gasteiger partial charge in [-0.05, 0) is 67.2 Å². The monoisotopic (exact) mass is 1980 g/mol. The van der Waals surface area contributed by atoms with Crippen LogP contribution < -0.4 is 31.9 Å². The Balaban J connectivity index is 1.26. The molecule has 139 heavy (non-hydrogen) atoms. The Morgan fingerprint density at radius 2 is 0.755 bits per heavy atom. The minimum Gasteiger partial charge on any atom is -0.480 e. The van der Waals surface area contributed by atoms with Gasteiger partial charge in [-0.1, -0.05) is 30.3 Å². The van der Waals surface area contributed by atoms with E-state index in [2.05, 4.69) is 46.9 Å². The number of amides is 5. The van der Waals surface area contributed by atoms with Gasteiger partial charge in [-0.15, -0.1) is 0 Å². The second-order valence-electron chi connectivity index (χ2n) is 34.3. The number of rotatable bonds is 50. The molecule has 3 saturated heterocycles. The minimum atomic E-state index is -1.58. The van der Waals surface area contributed by atoms with Gasteiger partial charge in [-0.3, -0.25) is 140 Å². The van der Waals surface area contributed by atoms with E-state index >= 15 is 9.59 Å². The van der Waals surface area contributed by atoms with Crippen molar-refractivity contribution in [3.8, 4) is 0 Å². The third-order valence-electron chi connectivity index (χ3n) is 24.1. The number of carboxylic acid groups (broad SMARTS) is 12. The van der Waals surface area contributed by atoms with Crippen LogP contribution >= 0.6 is 12.2 Å². The fourth-order valence-electron chi connectivity index (χ4n) is 16.9. The highest BCUT2D eigenvalue weighted by molar-refractivity contribution is 7.80. The Hall–Kier alpha value is -12.6. The molecule has 0 saturated carbocycles. The number of benzene rings is 2. The molecule has 52 heteroatoms. The number of hydrogen-bond donors (Lipinski definition) is 20. The van der Waals surface area contributed by atoms with Crippen molar-refractivity contribution in [2.45, 2.75) is 94.0 Å². The molecule has 2 unspecified atom stereocenters. The number of carboxylic acids is 12. The third kappa shape index (κ3) is 42.7. The van der Waals surface area contributed by atoms with Gasteiger partial charge in [0.15, 0.2) is 5.11 Å². The number of anilines is 1. The summed E-state index contributed by atoms with van der Waals surface area (Å²) in [4.78, 5) is 252. The molecule has 2 aromatic heterocycles. The van der Waals surface area contributed by atoms with E-state index in [1.807, 2.05) is 24.3 Å². The van der Waals surface area contributed by atoms with Crippen molar-refractivity contribution in [1.29, 1.82) is 0 Å². The first-order chi connectivity index (χ1) is 66.1. The zero-order valence-electron chi connectivity index (χ0n) is 77.6. The molecule has 51 nitrogen and oxygen atoms in total. The molecule has 5 amide bonds. The summed E-state index contributed by atoms with van der Waals surface area (Å²) in [5.41, 5.74) is 2.82. The van der Waals surface area contributed by atoms with Gasteiger partial charge in [0.2, 0.25) is 29.5 Å². The SMILES string of the molecule is CNC(=O)[C@H](Cc1cnc[nH]1)NC(=O)[C@H](Cc1c[nH]c2ccccc12)NC(=S)Nc1ccc(C[C@@H](CN(CCNC(=O)CCC(C(=O)O)N2CCN(CC(=O)O)CCN(CC(=O)O)CCN(CC(=O)O)CC2)C(=O)CCC(C(=O)O)N2CCN(CC(=O)O)CCN(CC(=O)O)CCN(CC(=O)O)CC2)NC(=O)CC[C@@H](C(=O)O)N2CCN(CC(=O)O)CCN(CC(=O)O)CCN(CC(=O)O)CC2)cc1. The molecule has 6 atom stereocenters. The summed E-state index contributed by atoms with van der Waals surface area (Å²) >= 11 is 5.88. The molecular formula is C87H130N22O29S. The highest BCUT2D eigenvalue weighted by Gasteiger charge is 2.36. The highest BCUT2D eigenvalue weighted by Crippen LogP contribution is 2.23. The number of thiocarbonyl (C=S) groups is 1. The molecule has 20 N–H and O–H groups in total. The van der Waals surface area contributed by atoms with E-state index in [1.165, 1.54) is 83.3 Å². The molecule has 2 aromatic carbocycles.